The number of alkyl halides is 3. The number of halogens is 5. The number of rotatable bonds is 3. The second-order valence-electron chi connectivity index (χ2n) is 7.94. The molecule has 162 valence electrons. The van der Waals surface area contributed by atoms with Crippen LogP contribution in [0.3, 0.4) is 0 Å². The van der Waals surface area contributed by atoms with E-state index in [1.165, 1.54) is 0 Å². The standard InChI is InChI=1S/C21H22F5N3O/c1-2-28-10-13-9-27-19(15(13)11-28)20(30)29-7-5-12(6-8-29)14-3-4-16(22)18(23)17(14)21(24,25)26/h3-4,12H,2,5-11H2,1H3. The van der Waals surface area contributed by atoms with E-state index in [0.717, 1.165) is 36.4 Å². The fourth-order valence-corrected chi connectivity index (χ4v) is 4.57. The molecule has 0 aliphatic carbocycles. The van der Waals surface area contributed by atoms with Crippen molar-refractivity contribution >= 4 is 11.6 Å². The molecule has 0 saturated carbocycles. The van der Waals surface area contributed by atoms with Gasteiger partial charge in [0.15, 0.2) is 11.6 Å². The van der Waals surface area contributed by atoms with Gasteiger partial charge in [-0.15, -0.1) is 0 Å². The summed E-state index contributed by atoms with van der Waals surface area (Å²) < 4.78 is 67.4. The lowest BCUT2D eigenvalue weighted by atomic mass is 9.85. The van der Waals surface area contributed by atoms with E-state index in [9.17, 15) is 26.7 Å². The van der Waals surface area contributed by atoms with E-state index in [1.54, 1.807) is 4.90 Å². The zero-order valence-electron chi connectivity index (χ0n) is 16.5. The number of benzene rings is 1. The van der Waals surface area contributed by atoms with Gasteiger partial charge < -0.3 is 4.90 Å². The number of aliphatic imine (C=N–C) groups is 1. The molecule has 0 bridgehead atoms. The van der Waals surface area contributed by atoms with Crippen LogP contribution in [0.2, 0.25) is 0 Å². The predicted molar refractivity (Wildman–Crippen MR) is 101 cm³/mol. The third-order valence-corrected chi connectivity index (χ3v) is 6.22. The summed E-state index contributed by atoms with van der Waals surface area (Å²) in [6, 6.07) is 1.75. The highest BCUT2D eigenvalue weighted by Gasteiger charge is 2.41. The van der Waals surface area contributed by atoms with Gasteiger partial charge in [-0.05, 0) is 48.1 Å². The molecule has 3 heterocycles. The van der Waals surface area contributed by atoms with Crippen molar-refractivity contribution in [1.29, 1.82) is 0 Å². The van der Waals surface area contributed by atoms with Crippen LogP contribution in [0, 0.1) is 11.6 Å². The van der Waals surface area contributed by atoms with E-state index >= 15 is 0 Å². The van der Waals surface area contributed by atoms with Crippen LogP contribution in [0.1, 0.15) is 36.8 Å². The maximum atomic E-state index is 13.9. The minimum absolute atomic E-state index is 0.197. The van der Waals surface area contributed by atoms with Crippen molar-refractivity contribution < 1.29 is 26.7 Å². The first-order valence-electron chi connectivity index (χ1n) is 10.0. The molecule has 1 saturated heterocycles. The van der Waals surface area contributed by atoms with E-state index in [4.69, 9.17) is 0 Å². The third kappa shape index (κ3) is 3.64. The maximum Gasteiger partial charge on any atom is 0.419 e. The second kappa shape index (κ2) is 7.76. The molecule has 0 unspecified atom stereocenters. The fraction of sp³-hybridized carbons (Fsp3) is 0.524. The van der Waals surface area contributed by atoms with Gasteiger partial charge in [0, 0.05) is 26.2 Å². The van der Waals surface area contributed by atoms with Crippen molar-refractivity contribution in [1.82, 2.24) is 9.80 Å². The van der Waals surface area contributed by atoms with Crippen molar-refractivity contribution in [2.75, 3.05) is 39.3 Å². The molecule has 0 atom stereocenters. The summed E-state index contributed by atoms with van der Waals surface area (Å²) in [7, 11) is 0. The Morgan fingerprint density at radius 2 is 1.87 bits per heavy atom. The second-order valence-corrected chi connectivity index (χ2v) is 7.94. The minimum Gasteiger partial charge on any atom is -0.337 e. The van der Waals surface area contributed by atoms with Gasteiger partial charge >= 0.3 is 6.18 Å². The fourth-order valence-electron chi connectivity index (χ4n) is 4.57. The average Bonchev–Trinajstić information content (AvgIpc) is 3.29. The lowest BCUT2D eigenvalue weighted by Crippen LogP contribution is -2.42. The van der Waals surface area contributed by atoms with Crippen LogP contribution < -0.4 is 0 Å². The molecular formula is C21H22F5N3O. The van der Waals surface area contributed by atoms with Gasteiger partial charge in [0.25, 0.3) is 5.91 Å². The van der Waals surface area contributed by atoms with Crippen LogP contribution in [-0.4, -0.2) is 60.7 Å². The molecule has 3 aliphatic rings. The Balaban J connectivity index is 1.47. The number of likely N-dealkylation sites (N-methyl/N-ethyl adjacent to an activating group) is 1. The number of nitrogens with zero attached hydrogens (tertiary/aromatic N) is 3. The summed E-state index contributed by atoms with van der Waals surface area (Å²) in [5, 5.41) is 0. The highest BCUT2D eigenvalue weighted by molar-refractivity contribution is 6.46. The zero-order chi connectivity index (χ0) is 21.6. The number of carbonyl (C=O) groups is 1. The van der Waals surface area contributed by atoms with Gasteiger partial charge in [0.2, 0.25) is 0 Å². The summed E-state index contributed by atoms with van der Waals surface area (Å²) in [4.78, 5) is 21.2. The maximum absolute atomic E-state index is 13.9. The molecule has 1 amide bonds. The van der Waals surface area contributed by atoms with E-state index in [-0.39, 0.29) is 37.4 Å². The Bertz CT molecular complexity index is 929. The Morgan fingerprint density at radius 3 is 2.50 bits per heavy atom. The van der Waals surface area contributed by atoms with Crippen LogP contribution >= 0.6 is 0 Å². The normalized spacial score (nSPS) is 20.7. The molecule has 1 fully saturated rings. The molecule has 0 N–H and O–H groups in total. The van der Waals surface area contributed by atoms with E-state index < -0.39 is 29.3 Å². The molecule has 0 radical (unpaired) electrons. The number of piperidine rings is 1. The Kier molecular flexibility index (Phi) is 5.42. The van der Waals surface area contributed by atoms with Gasteiger partial charge in [0.05, 0.1) is 12.1 Å². The molecule has 4 nitrogen and oxygen atoms in total. The van der Waals surface area contributed by atoms with Crippen LogP contribution in [-0.2, 0) is 11.0 Å². The summed E-state index contributed by atoms with van der Waals surface area (Å²) in [5.41, 5.74) is 0.817. The largest absolute Gasteiger partial charge is 0.419 e. The first-order valence-corrected chi connectivity index (χ1v) is 10.0. The van der Waals surface area contributed by atoms with E-state index in [2.05, 4.69) is 16.8 Å². The number of hydrogen-bond donors (Lipinski definition) is 0. The summed E-state index contributed by atoms with van der Waals surface area (Å²) in [6.45, 7) is 5.46. The van der Waals surface area contributed by atoms with Crippen molar-refractivity contribution in [3.8, 4) is 0 Å². The Hall–Kier alpha value is -2.29. The SMILES string of the molecule is CCN1CC2=C(C1)C(C(=O)N1CCC(c3ccc(F)c(F)c3C(F)(F)F)CC1)=NC2. The van der Waals surface area contributed by atoms with Gasteiger partial charge in [-0.2, -0.15) is 13.2 Å². The summed E-state index contributed by atoms with van der Waals surface area (Å²) in [5.74, 6) is -4.17. The van der Waals surface area contributed by atoms with Crippen LogP contribution in [0.4, 0.5) is 22.0 Å². The van der Waals surface area contributed by atoms with Crippen molar-refractivity contribution in [2.45, 2.75) is 31.9 Å². The molecule has 1 aromatic rings. The van der Waals surface area contributed by atoms with Crippen LogP contribution in [0.5, 0.6) is 0 Å². The molecule has 4 rings (SSSR count). The van der Waals surface area contributed by atoms with Gasteiger partial charge in [0.1, 0.15) is 5.71 Å². The third-order valence-electron chi connectivity index (χ3n) is 6.22. The number of amides is 1. The highest BCUT2D eigenvalue weighted by Crippen LogP contribution is 2.41. The van der Waals surface area contributed by atoms with Crippen molar-refractivity contribution in [3.05, 3.63) is 46.0 Å². The lowest BCUT2D eigenvalue weighted by Gasteiger charge is -2.33. The topological polar surface area (TPSA) is 35.9 Å². The molecule has 1 aromatic carbocycles. The van der Waals surface area contributed by atoms with Crippen LogP contribution in [0.15, 0.2) is 28.3 Å². The van der Waals surface area contributed by atoms with Crippen molar-refractivity contribution in [2.24, 2.45) is 4.99 Å². The molecule has 3 aliphatic heterocycles. The number of hydrogen-bond acceptors (Lipinski definition) is 3. The first-order chi connectivity index (χ1) is 14.2. The monoisotopic (exact) mass is 427 g/mol. The Labute approximate surface area is 171 Å². The lowest BCUT2D eigenvalue weighted by molar-refractivity contribution is -0.141. The molecule has 0 aromatic heterocycles. The average molecular weight is 427 g/mol. The minimum atomic E-state index is -4.98. The van der Waals surface area contributed by atoms with Crippen LogP contribution in [0.25, 0.3) is 0 Å². The number of carbonyl (C=O) groups excluding carboxylic acids is 1. The quantitative estimate of drug-likeness (QED) is 0.689. The predicted octanol–water partition coefficient (Wildman–Crippen LogP) is 3.78. The van der Waals surface area contributed by atoms with E-state index in [0.29, 0.717) is 18.8 Å². The Morgan fingerprint density at radius 1 is 1.17 bits per heavy atom. The van der Waals surface area contributed by atoms with E-state index in [1.807, 2.05) is 0 Å². The summed E-state index contributed by atoms with van der Waals surface area (Å²) in [6.07, 6.45) is -4.48. The molecular weight excluding hydrogens is 405 g/mol. The van der Waals surface area contributed by atoms with Gasteiger partial charge in [-0.3, -0.25) is 14.7 Å². The summed E-state index contributed by atoms with van der Waals surface area (Å²) >= 11 is 0. The van der Waals surface area contributed by atoms with Gasteiger partial charge in [-0.25, -0.2) is 8.78 Å². The first kappa shape index (κ1) is 21.0. The van der Waals surface area contributed by atoms with Crippen molar-refractivity contribution in [3.63, 3.8) is 0 Å². The number of likely N-dealkylation sites (tertiary alicyclic amines) is 1. The smallest absolute Gasteiger partial charge is 0.337 e. The molecule has 0 spiro atoms. The highest BCUT2D eigenvalue weighted by atomic mass is 19.4. The molecule has 30 heavy (non-hydrogen) atoms. The molecule has 9 heteroatoms. The zero-order valence-corrected chi connectivity index (χ0v) is 16.5. The van der Waals surface area contributed by atoms with Gasteiger partial charge in [-0.1, -0.05) is 13.0 Å².